The number of halogens is 11. The Kier molecular flexibility index (Phi) is 10.8. The van der Waals surface area contributed by atoms with E-state index in [0.29, 0.717) is 23.3 Å². The third kappa shape index (κ3) is 7.57. The fourth-order valence-electron chi connectivity index (χ4n) is 8.55. The highest BCUT2D eigenvalue weighted by atomic mass is 32.2. The fraction of sp³-hybridized carbons (Fsp3) is 0.472. The van der Waals surface area contributed by atoms with Crippen LogP contribution in [0.2, 0.25) is 0 Å². The van der Waals surface area contributed by atoms with Crippen LogP contribution in [0.4, 0.5) is 48.3 Å². The van der Waals surface area contributed by atoms with Crippen LogP contribution < -0.4 is 4.74 Å². The molecule has 7 nitrogen and oxygen atoms in total. The zero-order valence-electron chi connectivity index (χ0n) is 28.5. The van der Waals surface area contributed by atoms with E-state index in [1.165, 1.54) is 12.1 Å². The summed E-state index contributed by atoms with van der Waals surface area (Å²) in [5.74, 6) is -4.45. The van der Waals surface area contributed by atoms with Crippen molar-refractivity contribution >= 4 is 27.0 Å². The molecule has 2 N–H and O–H groups in total. The van der Waals surface area contributed by atoms with Gasteiger partial charge in [0.2, 0.25) is 0 Å². The van der Waals surface area contributed by atoms with E-state index in [-0.39, 0.29) is 25.2 Å². The van der Waals surface area contributed by atoms with Gasteiger partial charge < -0.3 is 14.6 Å². The summed E-state index contributed by atoms with van der Waals surface area (Å²) in [6, 6.07) is 21.6. The molecule has 3 atom stereocenters. The maximum atomic E-state index is 14.4. The van der Waals surface area contributed by atoms with Gasteiger partial charge in [0.05, 0.1) is 16.3 Å². The number of hydrogen-bond acceptors (Lipinski definition) is 6. The summed E-state index contributed by atoms with van der Waals surface area (Å²) < 4.78 is 192. The number of alkyl halides is 11. The molecule has 4 aliphatic carbocycles. The summed E-state index contributed by atoms with van der Waals surface area (Å²) in [6.45, 7) is -2.26. The van der Waals surface area contributed by atoms with Crippen molar-refractivity contribution in [2.75, 3.05) is 6.61 Å². The van der Waals surface area contributed by atoms with E-state index < -0.39 is 98.0 Å². The summed E-state index contributed by atoms with van der Waals surface area (Å²) in [6.07, 6.45) is -22.9. The molecular formula is C36H32F11O7S2+. The Hall–Kier alpha value is -3.62. The molecule has 56 heavy (non-hydrogen) atoms. The molecule has 0 aliphatic heterocycles. The van der Waals surface area contributed by atoms with Gasteiger partial charge in [-0.3, -0.25) is 9.35 Å². The zero-order chi connectivity index (χ0) is 41.3. The van der Waals surface area contributed by atoms with Crippen LogP contribution in [-0.4, -0.2) is 66.1 Å². The summed E-state index contributed by atoms with van der Waals surface area (Å²) in [7, 11) is -7.70. The lowest BCUT2D eigenvalue weighted by atomic mass is 9.45. The molecule has 0 aromatic heterocycles. The average Bonchev–Trinajstić information content (AvgIpc) is 3.08. The first kappa shape index (κ1) is 42.0. The maximum Gasteiger partial charge on any atom is 0.432 e. The molecule has 4 fully saturated rings. The molecule has 4 bridgehead atoms. The first-order valence-corrected chi connectivity index (χ1v) is 19.6. The lowest BCUT2D eigenvalue weighted by molar-refractivity contribution is -0.373. The summed E-state index contributed by atoms with van der Waals surface area (Å²) in [5, 5.41) is 3.83. The number of carbonyl (C=O) groups is 1. The van der Waals surface area contributed by atoms with Gasteiger partial charge in [-0.2, -0.15) is 56.7 Å². The van der Waals surface area contributed by atoms with Gasteiger partial charge in [-0.05, 0) is 98.2 Å². The third-order valence-corrected chi connectivity index (χ3v) is 14.0. The molecule has 4 saturated carbocycles. The number of hydrogen-bond donors (Lipinski definition) is 2. The Morgan fingerprint density at radius 3 is 1.73 bits per heavy atom. The first-order chi connectivity index (χ1) is 25.8. The van der Waals surface area contributed by atoms with Crippen LogP contribution in [0.25, 0.3) is 0 Å². The van der Waals surface area contributed by atoms with Crippen LogP contribution in [-0.2, 0) is 30.5 Å². The van der Waals surface area contributed by atoms with Crippen molar-refractivity contribution in [3.05, 3.63) is 84.4 Å². The second kappa shape index (κ2) is 14.3. The molecule has 7 rings (SSSR count). The summed E-state index contributed by atoms with van der Waals surface area (Å²) in [5.41, 5.74) is -6.66. The van der Waals surface area contributed by atoms with Gasteiger partial charge in [0, 0.05) is 5.56 Å². The Morgan fingerprint density at radius 2 is 1.29 bits per heavy atom. The number of rotatable bonds is 11. The van der Waals surface area contributed by atoms with Crippen molar-refractivity contribution in [2.24, 2.45) is 23.2 Å². The van der Waals surface area contributed by atoms with E-state index in [9.17, 15) is 66.6 Å². The topological polar surface area (TPSA) is 110 Å². The number of esters is 1. The van der Waals surface area contributed by atoms with Crippen LogP contribution in [0.3, 0.4) is 0 Å². The van der Waals surface area contributed by atoms with Gasteiger partial charge >= 0.3 is 39.9 Å². The van der Waals surface area contributed by atoms with E-state index in [4.69, 9.17) is 9.29 Å². The molecule has 3 aromatic rings. The fourth-order valence-corrected chi connectivity index (χ4v) is 11.3. The Morgan fingerprint density at radius 1 is 0.786 bits per heavy atom. The molecular weight excluding hydrogens is 818 g/mol. The van der Waals surface area contributed by atoms with Gasteiger partial charge in [0.15, 0.2) is 14.7 Å². The SMILES string of the molecule is O=C(OC(C(F)(F)F)C(F)(F)S(=O)(=O)O)C12CC3CC(C1)C(c1cc(OCC(O)(C(F)(F)F)C(F)(F)F)ccc1[S+](c1ccccc1)c1ccccc1)C(C3)C2. The second-order valence-electron chi connectivity index (χ2n) is 14.4. The van der Waals surface area contributed by atoms with Gasteiger partial charge in [0.25, 0.3) is 11.7 Å². The van der Waals surface area contributed by atoms with Crippen LogP contribution in [0.15, 0.2) is 93.5 Å². The number of benzene rings is 3. The van der Waals surface area contributed by atoms with Crippen LogP contribution in [0.5, 0.6) is 5.75 Å². The zero-order valence-corrected chi connectivity index (χ0v) is 30.2. The van der Waals surface area contributed by atoms with Gasteiger partial charge in [-0.15, -0.1) is 0 Å². The minimum atomic E-state index is -6.71. The summed E-state index contributed by atoms with van der Waals surface area (Å²) in [4.78, 5) is 15.6. The number of aliphatic hydroxyl groups is 1. The molecule has 0 spiro atoms. The third-order valence-electron chi connectivity index (χ3n) is 10.8. The lowest BCUT2D eigenvalue weighted by Crippen LogP contribution is -2.60. The predicted molar refractivity (Wildman–Crippen MR) is 175 cm³/mol. The van der Waals surface area contributed by atoms with Gasteiger partial charge in [-0.1, -0.05) is 36.4 Å². The molecule has 0 radical (unpaired) electrons. The standard InChI is InChI=1S/C36H31F11O7S2/c37-33(38,39)29(34(40,41)56(50,51)52)54-30(48)31-16-20-13-21(17-31)28(22(14-20)18-31)26-15-23(53-19-32(49,35(42,43)44)36(45,46)47)11-12-27(26)55(24-7-3-1-4-8-24)25-9-5-2-6-10-25/h1-12,15,20-22,28-29,49H,13-14,16-19H2/p+1. The maximum absolute atomic E-state index is 14.4. The lowest BCUT2D eigenvalue weighted by Gasteiger charge is -2.59. The van der Waals surface area contributed by atoms with Crippen molar-refractivity contribution in [3.8, 4) is 5.75 Å². The average molecular weight is 850 g/mol. The molecule has 0 amide bonds. The van der Waals surface area contributed by atoms with Crippen LogP contribution >= 0.6 is 0 Å². The Balaban J connectivity index is 1.42. The monoisotopic (exact) mass is 849 g/mol. The van der Waals surface area contributed by atoms with Crippen LogP contribution in [0, 0.1) is 23.2 Å². The predicted octanol–water partition coefficient (Wildman–Crippen LogP) is 8.88. The number of ether oxygens (including phenoxy) is 2. The van der Waals surface area contributed by atoms with Gasteiger partial charge in [-0.25, -0.2) is 0 Å². The molecule has 306 valence electrons. The number of carbonyl (C=O) groups excluding carboxylic acids is 1. The van der Waals surface area contributed by atoms with Crippen molar-refractivity contribution in [1.82, 2.24) is 0 Å². The normalized spacial score (nSPS) is 25.0. The molecule has 3 unspecified atom stereocenters. The first-order valence-electron chi connectivity index (χ1n) is 16.9. The van der Waals surface area contributed by atoms with E-state index in [1.807, 2.05) is 0 Å². The van der Waals surface area contributed by atoms with E-state index in [2.05, 4.69) is 4.74 Å². The highest BCUT2D eigenvalue weighted by Gasteiger charge is 2.71. The quantitative estimate of drug-likeness (QED) is 0.0859. The highest BCUT2D eigenvalue weighted by molar-refractivity contribution is 7.97. The van der Waals surface area contributed by atoms with Gasteiger partial charge in [0.1, 0.15) is 12.4 Å². The minimum absolute atomic E-state index is 0.0878. The smallest absolute Gasteiger partial charge is 0.432 e. The molecule has 4 aliphatic rings. The van der Waals surface area contributed by atoms with Crippen molar-refractivity contribution in [2.45, 2.75) is 88.2 Å². The van der Waals surface area contributed by atoms with Crippen LogP contribution in [0.1, 0.15) is 43.6 Å². The Bertz CT molecular complexity index is 1950. The Labute approximate surface area is 315 Å². The second-order valence-corrected chi connectivity index (χ2v) is 17.9. The van der Waals surface area contributed by atoms with Crippen molar-refractivity contribution < 1.29 is 80.6 Å². The highest BCUT2D eigenvalue weighted by Crippen LogP contribution is 2.66. The van der Waals surface area contributed by atoms with Crippen molar-refractivity contribution in [1.29, 1.82) is 0 Å². The molecule has 3 aromatic carbocycles. The minimum Gasteiger partial charge on any atom is -0.490 e. The van der Waals surface area contributed by atoms with E-state index in [0.717, 1.165) is 15.9 Å². The summed E-state index contributed by atoms with van der Waals surface area (Å²) >= 11 is 0. The van der Waals surface area contributed by atoms with E-state index in [1.54, 1.807) is 60.7 Å². The largest absolute Gasteiger partial charge is 0.490 e. The van der Waals surface area contributed by atoms with E-state index >= 15 is 0 Å². The molecule has 0 heterocycles. The molecule has 20 heteroatoms. The molecule has 0 saturated heterocycles. The van der Waals surface area contributed by atoms with Crippen molar-refractivity contribution in [3.63, 3.8) is 0 Å².